The molecule has 1 aromatic heterocycles. The third-order valence-corrected chi connectivity index (χ3v) is 4.50. The largest absolute Gasteiger partial charge is 0.382 e. The van der Waals surface area contributed by atoms with Crippen LogP contribution in [0.3, 0.4) is 0 Å². The van der Waals surface area contributed by atoms with Gasteiger partial charge < -0.3 is 16.0 Å². The Kier molecular flexibility index (Phi) is 4.75. The first-order valence-electron chi connectivity index (χ1n) is 5.52. The van der Waals surface area contributed by atoms with Crippen LogP contribution in [0.15, 0.2) is 0 Å². The topological polar surface area (TPSA) is 105 Å². The molecule has 19 heavy (non-hydrogen) atoms. The zero-order valence-corrected chi connectivity index (χ0v) is 12.9. The maximum Gasteiger partial charge on any atom is 0.265 e. The van der Waals surface area contributed by atoms with Crippen molar-refractivity contribution < 1.29 is 13.2 Å². The molecule has 108 valence electrons. The van der Waals surface area contributed by atoms with E-state index >= 15 is 0 Å². The standard InChI is InChI=1S/C10H18N4O3S2/c1-6(5-19(4,16)17)12-9(15)7-8(11)13-10(18-7)14(2)3/h6H,5,11H2,1-4H3,(H,12,15). The third-order valence-electron chi connectivity index (χ3n) is 2.16. The predicted molar refractivity (Wildman–Crippen MR) is 77.5 cm³/mol. The number of rotatable bonds is 5. The first-order chi connectivity index (χ1) is 8.60. The number of hydrogen-bond donors (Lipinski definition) is 2. The van der Waals surface area contributed by atoms with Gasteiger partial charge in [-0.2, -0.15) is 0 Å². The van der Waals surface area contributed by atoms with Gasteiger partial charge in [0.15, 0.2) is 5.13 Å². The number of nitrogen functional groups attached to an aromatic ring is 1. The molecule has 0 aliphatic rings. The van der Waals surface area contributed by atoms with Gasteiger partial charge >= 0.3 is 0 Å². The number of nitrogens with one attached hydrogen (secondary N) is 1. The highest BCUT2D eigenvalue weighted by Gasteiger charge is 2.20. The molecule has 0 radical (unpaired) electrons. The van der Waals surface area contributed by atoms with Crippen molar-refractivity contribution in [2.75, 3.05) is 36.7 Å². The van der Waals surface area contributed by atoms with Gasteiger partial charge in [-0.15, -0.1) is 0 Å². The molecular weight excluding hydrogens is 288 g/mol. The smallest absolute Gasteiger partial charge is 0.265 e. The summed E-state index contributed by atoms with van der Waals surface area (Å²) in [6.07, 6.45) is 1.13. The zero-order valence-electron chi connectivity index (χ0n) is 11.3. The van der Waals surface area contributed by atoms with E-state index in [1.165, 1.54) is 0 Å². The molecule has 0 fully saturated rings. The lowest BCUT2D eigenvalue weighted by Crippen LogP contribution is -2.37. The van der Waals surface area contributed by atoms with Gasteiger partial charge in [0.2, 0.25) is 0 Å². The Bertz CT molecular complexity index is 565. The molecule has 0 saturated heterocycles. The molecule has 0 bridgehead atoms. The van der Waals surface area contributed by atoms with Gasteiger partial charge in [0.25, 0.3) is 5.91 Å². The van der Waals surface area contributed by atoms with E-state index in [0.29, 0.717) is 10.0 Å². The van der Waals surface area contributed by atoms with E-state index in [0.717, 1.165) is 17.6 Å². The number of thiazole rings is 1. The Hall–Kier alpha value is -1.35. The minimum Gasteiger partial charge on any atom is -0.382 e. The average molecular weight is 306 g/mol. The van der Waals surface area contributed by atoms with E-state index in [-0.39, 0.29) is 11.6 Å². The van der Waals surface area contributed by atoms with Crippen LogP contribution in [0.4, 0.5) is 10.9 Å². The molecule has 1 heterocycles. The van der Waals surface area contributed by atoms with Gasteiger partial charge in [0.1, 0.15) is 20.5 Å². The summed E-state index contributed by atoms with van der Waals surface area (Å²) >= 11 is 1.16. The summed E-state index contributed by atoms with van der Waals surface area (Å²) in [6.45, 7) is 1.63. The Morgan fingerprint density at radius 2 is 2.11 bits per heavy atom. The van der Waals surface area contributed by atoms with Crippen LogP contribution in [0.25, 0.3) is 0 Å². The molecule has 1 atom stereocenters. The van der Waals surface area contributed by atoms with E-state index in [4.69, 9.17) is 5.73 Å². The number of aromatic nitrogens is 1. The van der Waals surface area contributed by atoms with Gasteiger partial charge in [0.05, 0.1) is 5.75 Å². The average Bonchev–Trinajstić information content (AvgIpc) is 2.57. The van der Waals surface area contributed by atoms with E-state index < -0.39 is 21.8 Å². The summed E-state index contributed by atoms with van der Waals surface area (Å²) in [4.78, 5) is 18.1. The molecule has 7 nitrogen and oxygen atoms in total. The van der Waals surface area contributed by atoms with Crippen LogP contribution < -0.4 is 16.0 Å². The van der Waals surface area contributed by atoms with Crippen molar-refractivity contribution >= 4 is 38.0 Å². The monoisotopic (exact) mass is 306 g/mol. The molecule has 3 N–H and O–H groups in total. The van der Waals surface area contributed by atoms with Gasteiger partial charge in [-0.25, -0.2) is 13.4 Å². The maximum atomic E-state index is 12.0. The van der Waals surface area contributed by atoms with Crippen LogP contribution in [-0.4, -0.2) is 51.5 Å². The number of hydrogen-bond acceptors (Lipinski definition) is 7. The maximum absolute atomic E-state index is 12.0. The van der Waals surface area contributed by atoms with Crippen molar-refractivity contribution in [3.63, 3.8) is 0 Å². The fraction of sp³-hybridized carbons (Fsp3) is 0.600. The Morgan fingerprint density at radius 3 is 2.53 bits per heavy atom. The first kappa shape index (κ1) is 15.7. The van der Waals surface area contributed by atoms with Gasteiger partial charge in [-0.05, 0) is 6.92 Å². The summed E-state index contributed by atoms with van der Waals surface area (Å²) < 4.78 is 22.3. The molecule has 0 aliphatic carbocycles. The summed E-state index contributed by atoms with van der Waals surface area (Å²) in [5, 5.41) is 3.22. The number of sulfone groups is 1. The molecule has 0 aliphatic heterocycles. The van der Waals surface area contributed by atoms with Crippen LogP contribution in [-0.2, 0) is 9.84 Å². The molecular formula is C10H18N4O3S2. The molecule has 1 unspecified atom stereocenters. The number of nitrogens with zero attached hydrogens (tertiary/aromatic N) is 2. The normalized spacial score (nSPS) is 13.1. The van der Waals surface area contributed by atoms with Crippen molar-refractivity contribution in [2.45, 2.75) is 13.0 Å². The molecule has 1 rings (SSSR count). The second-order valence-corrected chi connectivity index (χ2v) is 7.73. The molecule has 1 aromatic rings. The van der Waals surface area contributed by atoms with Crippen molar-refractivity contribution in [1.29, 1.82) is 0 Å². The summed E-state index contributed by atoms with van der Waals surface area (Å²) in [5.74, 6) is -0.366. The van der Waals surface area contributed by atoms with Crippen molar-refractivity contribution in [3.8, 4) is 0 Å². The number of carbonyl (C=O) groups excluding carboxylic acids is 1. The van der Waals surface area contributed by atoms with Crippen molar-refractivity contribution in [3.05, 3.63) is 4.88 Å². The van der Waals surface area contributed by atoms with Gasteiger partial charge in [0, 0.05) is 26.4 Å². The fourth-order valence-electron chi connectivity index (χ4n) is 1.46. The quantitative estimate of drug-likeness (QED) is 0.790. The SMILES string of the molecule is CC(CS(C)(=O)=O)NC(=O)c1sc(N(C)C)nc1N. The van der Waals surface area contributed by atoms with E-state index in [1.807, 2.05) is 0 Å². The van der Waals surface area contributed by atoms with Crippen LogP contribution in [0, 0.1) is 0 Å². The van der Waals surface area contributed by atoms with E-state index in [9.17, 15) is 13.2 Å². The Morgan fingerprint density at radius 1 is 1.53 bits per heavy atom. The fourth-order valence-corrected chi connectivity index (χ4v) is 3.26. The Balaban J connectivity index is 2.78. The number of anilines is 2. The molecule has 0 aromatic carbocycles. The van der Waals surface area contributed by atoms with E-state index in [2.05, 4.69) is 10.3 Å². The minimum atomic E-state index is -3.14. The minimum absolute atomic E-state index is 0.113. The summed E-state index contributed by atoms with van der Waals surface area (Å²) in [5.41, 5.74) is 5.68. The highest BCUT2D eigenvalue weighted by atomic mass is 32.2. The lowest BCUT2D eigenvalue weighted by molar-refractivity contribution is 0.0948. The number of carbonyl (C=O) groups is 1. The predicted octanol–water partition coefficient (Wildman–Crippen LogP) is -0.0458. The second-order valence-electron chi connectivity index (χ2n) is 4.57. The molecule has 0 spiro atoms. The highest BCUT2D eigenvalue weighted by Crippen LogP contribution is 2.26. The lowest BCUT2D eigenvalue weighted by Gasteiger charge is -2.11. The van der Waals surface area contributed by atoms with E-state index in [1.54, 1.807) is 25.9 Å². The summed E-state index contributed by atoms with van der Waals surface area (Å²) in [7, 11) is 0.460. The van der Waals surface area contributed by atoms with Crippen LogP contribution in [0.1, 0.15) is 16.6 Å². The third kappa shape index (κ3) is 4.67. The lowest BCUT2D eigenvalue weighted by atomic mass is 10.3. The van der Waals surface area contributed by atoms with Crippen molar-refractivity contribution in [1.82, 2.24) is 10.3 Å². The van der Waals surface area contributed by atoms with Crippen LogP contribution in [0.2, 0.25) is 0 Å². The van der Waals surface area contributed by atoms with Gasteiger partial charge in [-0.3, -0.25) is 4.79 Å². The highest BCUT2D eigenvalue weighted by molar-refractivity contribution is 7.90. The summed E-state index contributed by atoms with van der Waals surface area (Å²) in [6, 6.07) is -0.480. The first-order valence-corrected chi connectivity index (χ1v) is 8.40. The van der Waals surface area contributed by atoms with Crippen LogP contribution in [0.5, 0.6) is 0 Å². The Labute approximate surface area is 116 Å². The zero-order chi connectivity index (χ0) is 14.8. The molecule has 0 saturated carbocycles. The van der Waals surface area contributed by atoms with Crippen molar-refractivity contribution in [2.24, 2.45) is 0 Å². The number of amides is 1. The molecule has 1 amide bonds. The second kappa shape index (κ2) is 5.74. The number of nitrogens with two attached hydrogens (primary N) is 1. The van der Waals surface area contributed by atoms with Crippen LogP contribution >= 0.6 is 11.3 Å². The van der Waals surface area contributed by atoms with Gasteiger partial charge in [-0.1, -0.05) is 11.3 Å². The molecule has 9 heteroatoms.